The highest BCUT2D eigenvalue weighted by Crippen LogP contribution is 2.44. The van der Waals surface area contributed by atoms with Crippen LogP contribution in [0.1, 0.15) is 65.7 Å². The number of ether oxygens (including phenoxy) is 6. The van der Waals surface area contributed by atoms with E-state index in [0.29, 0.717) is 29.0 Å². The van der Waals surface area contributed by atoms with Crippen molar-refractivity contribution in [1.82, 2.24) is 0 Å². The first-order valence-corrected chi connectivity index (χ1v) is 17.9. The molecule has 3 aromatic carbocycles. The Hall–Kier alpha value is -3.37. The molecule has 0 aliphatic heterocycles. The lowest BCUT2D eigenvalue weighted by atomic mass is 9.76. The number of fused-ring (bicyclic) bond motifs is 1. The average molecular weight is 623 g/mol. The van der Waals surface area contributed by atoms with Gasteiger partial charge in [-0.1, -0.05) is 32.9 Å². The van der Waals surface area contributed by atoms with Crippen molar-refractivity contribution < 1.29 is 37.6 Å². The van der Waals surface area contributed by atoms with E-state index in [1.165, 1.54) is 5.56 Å². The van der Waals surface area contributed by atoms with Gasteiger partial charge in [-0.05, 0) is 96.4 Å². The smallest absolute Gasteiger partial charge is 0.250 e. The van der Waals surface area contributed by atoms with E-state index in [9.17, 15) is 4.79 Å². The van der Waals surface area contributed by atoms with Crippen molar-refractivity contribution >= 4 is 14.1 Å². The molecular weight excluding hydrogens is 576 g/mol. The zero-order chi connectivity index (χ0) is 31.9. The van der Waals surface area contributed by atoms with Crippen LogP contribution in [0.4, 0.5) is 0 Å². The van der Waals surface area contributed by atoms with Crippen LogP contribution in [0.5, 0.6) is 23.0 Å². The molecule has 238 valence electrons. The molecule has 8 nitrogen and oxygen atoms in total. The molecule has 1 unspecified atom stereocenters. The van der Waals surface area contributed by atoms with Gasteiger partial charge in [-0.3, -0.25) is 4.79 Å². The lowest BCUT2D eigenvalue weighted by Gasteiger charge is -2.36. The van der Waals surface area contributed by atoms with Crippen molar-refractivity contribution in [3.63, 3.8) is 0 Å². The molecule has 9 heteroatoms. The normalized spacial score (nSPS) is 15.0. The third-order valence-corrected chi connectivity index (χ3v) is 12.9. The molecule has 0 radical (unpaired) electrons. The summed E-state index contributed by atoms with van der Waals surface area (Å²) in [4.78, 5) is 14.3. The number of methoxy groups -OCH3 is 3. The molecule has 1 aliphatic carbocycles. The molecule has 0 saturated heterocycles. The first-order chi connectivity index (χ1) is 21.0. The molecule has 44 heavy (non-hydrogen) atoms. The predicted molar refractivity (Wildman–Crippen MR) is 173 cm³/mol. The molecule has 1 atom stereocenters. The van der Waals surface area contributed by atoms with E-state index in [1.54, 1.807) is 27.4 Å². The monoisotopic (exact) mass is 622 g/mol. The Balaban J connectivity index is 1.73. The molecule has 0 aromatic heterocycles. The van der Waals surface area contributed by atoms with Gasteiger partial charge in [0.1, 0.15) is 23.0 Å². The molecule has 0 N–H and O–H groups in total. The SMILES string of the molecule is COCOc1ccc(C2CCc3c(OCOC)cc(OCOC)c(C(=O)c4ccc(O[Si](C)(C)C(C)(C)C)cc4)c3C2)cc1. The zero-order valence-electron chi connectivity index (χ0n) is 27.3. The quantitative estimate of drug-likeness (QED) is 0.104. The van der Waals surface area contributed by atoms with E-state index in [4.69, 9.17) is 32.8 Å². The molecule has 4 rings (SSSR count). The van der Waals surface area contributed by atoms with Crippen molar-refractivity contribution in [3.05, 3.63) is 82.4 Å². The number of benzene rings is 3. The highest BCUT2D eigenvalue weighted by Gasteiger charge is 2.39. The summed E-state index contributed by atoms with van der Waals surface area (Å²) in [6.07, 6.45) is 2.29. The van der Waals surface area contributed by atoms with Crippen molar-refractivity contribution in [2.45, 2.75) is 64.1 Å². The minimum absolute atomic E-state index is 0.00551. The maximum Gasteiger partial charge on any atom is 0.250 e. The van der Waals surface area contributed by atoms with Gasteiger partial charge in [0.05, 0.1) is 5.56 Å². The second-order valence-electron chi connectivity index (χ2n) is 12.6. The highest BCUT2D eigenvalue weighted by molar-refractivity contribution is 6.74. The van der Waals surface area contributed by atoms with Crippen LogP contribution in [-0.4, -0.2) is 55.8 Å². The number of rotatable bonds is 14. The Morgan fingerprint density at radius 3 is 1.93 bits per heavy atom. The number of carbonyl (C=O) groups is 1. The Labute approximate surface area is 262 Å². The average Bonchev–Trinajstić information content (AvgIpc) is 3.00. The fraction of sp³-hybridized carbons (Fsp3) is 0.457. The lowest BCUT2D eigenvalue weighted by molar-refractivity contribution is 0.0449. The summed E-state index contributed by atoms with van der Waals surface area (Å²) in [6, 6.07) is 17.3. The minimum Gasteiger partial charge on any atom is -0.544 e. The topological polar surface area (TPSA) is 81.7 Å². The summed E-state index contributed by atoms with van der Waals surface area (Å²) in [6.45, 7) is 11.3. The third-order valence-electron chi connectivity index (χ3n) is 8.55. The van der Waals surface area contributed by atoms with Gasteiger partial charge in [-0.2, -0.15) is 0 Å². The minimum atomic E-state index is -2.02. The molecule has 1 aliphatic rings. The fourth-order valence-electron chi connectivity index (χ4n) is 5.14. The number of ketones is 1. The maximum absolute atomic E-state index is 14.3. The lowest BCUT2D eigenvalue weighted by Crippen LogP contribution is -2.43. The van der Waals surface area contributed by atoms with E-state index >= 15 is 0 Å². The first kappa shape index (κ1) is 33.5. The van der Waals surface area contributed by atoms with E-state index < -0.39 is 8.32 Å². The molecule has 0 amide bonds. The maximum atomic E-state index is 14.3. The van der Waals surface area contributed by atoms with Crippen LogP contribution in [0.25, 0.3) is 0 Å². The molecular formula is C35H46O8Si. The van der Waals surface area contributed by atoms with Crippen molar-refractivity contribution in [2.24, 2.45) is 0 Å². The van der Waals surface area contributed by atoms with E-state index in [0.717, 1.165) is 35.5 Å². The largest absolute Gasteiger partial charge is 0.544 e. The van der Waals surface area contributed by atoms with Crippen molar-refractivity contribution in [2.75, 3.05) is 41.7 Å². The van der Waals surface area contributed by atoms with Crippen LogP contribution in [0, 0.1) is 0 Å². The molecule has 0 spiro atoms. The second-order valence-corrected chi connectivity index (χ2v) is 17.3. The summed E-state index contributed by atoms with van der Waals surface area (Å²) in [5, 5.41) is 0.0641. The fourth-order valence-corrected chi connectivity index (χ4v) is 6.18. The van der Waals surface area contributed by atoms with Gasteiger partial charge >= 0.3 is 0 Å². The number of carbonyl (C=O) groups excluding carboxylic acids is 1. The van der Waals surface area contributed by atoms with Crippen LogP contribution < -0.4 is 18.6 Å². The van der Waals surface area contributed by atoms with Gasteiger partial charge < -0.3 is 32.8 Å². The number of hydrogen-bond acceptors (Lipinski definition) is 8. The van der Waals surface area contributed by atoms with E-state index in [-0.39, 0.29) is 37.1 Å². The van der Waals surface area contributed by atoms with Gasteiger partial charge in [-0.25, -0.2) is 0 Å². The molecule has 0 saturated carbocycles. The molecule has 3 aromatic rings. The summed E-state index contributed by atoms with van der Waals surface area (Å²) >= 11 is 0. The summed E-state index contributed by atoms with van der Waals surface area (Å²) in [5.74, 6) is 2.67. The predicted octanol–water partition coefficient (Wildman–Crippen LogP) is 7.52. The standard InChI is InChI=1S/C35H46O8Si/c1-35(2,3)44(7,8)43-28-16-11-25(12-17-28)34(36)33-30-19-26(24-9-14-27(15-10-24)40-21-37-4)13-18-29(30)31(41-22-38-5)20-32(33)42-23-39-6/h9-12,14-17,20,26H,13,18-19,21-23H2,1-8H3. The van der Waals surface area contributed by atoms with Crippen LogP contribution >= 0.6 is 0 Å². The first-order valence-electron chi connectivity index (χ1n) is 15.0. The Morgan fingerprint density at radius 1 is 0.773 bits per heavy atom. The molecule has 0 fully saturated rings. The third kappa shape index (κ3) is 7.82. The van der Waals surface area contributed by atoms with Gasteiger partial charge in [0.15, 0.2) is 26.2 Å². The van der Waals surface area contributed by atoms with E-state index in [2.05, 4.69) is 46.0 Å². The van der Waals surface area contributed by atoms with Gasteiger partial charge in [0.2, 0.25) is 8.32 Å². The van der Waals surface area contributed by atoms with E-state index in [1.807, 2.05) is 36.4 Å². The van der Waals surface area contributed by atoms with Crippen LogP contribution in [0.2, 0.25) is 18.1 Å². The van der Waals surface area contributed by atoms with Crippen molar-refractivity contribution in [3.8, 4) is 23.0 Å². The van der Waals surface area contributed by atoms with Gasteiger partial charge in [-0.15, -0.1) is 0 Å². The highest BCUT2D eigenvalue weighted by atomic mass is 28.4. The molecule has 0 heterocycles. The zero-order valence-corrected chi connectivity index (χ0v) is 28.3. The summed E-state index contributed by atoms with van der Waals surface area (Å²) in [7, 11) is 2.71. The second kappa shape index (κ2) is 14.6. The van der Waals surface area contributed by atoms with Gasteiger partial charge in [0.25, 0.3) is 0 Å². The Morgan fingerprint density at radius 2 is 1.34 bits per heavy atom. The van der Waals surface area contributed by atoms with Crippen LogP contribution in [0.15, 0.2) is 54.6 Å². The molecule has 0 bridgehead atoms. The summed E-state index contributed by atoms with van der Waals surface area (Å²) < 4.78 is 39.5. The Bertz CT molecular complexity index is 1390. The number of hydrogen-bond donors (Lipinski definition) is 0. The van der Waals surface area contributed by atoms with Crippen LogP contribution in [0.3, 0.4) is 0 Å². The Kier molecular flexibility index (Phi) is 11.1. The summed E-state index contributed by atoms with van der Waals surface area (Å²) in [5.41, 5.74) is 4.19. The van der Waals surface area contributed by atoms with Crippen molar-refractivity contribution in [1.29, 1.82) is 0 Å². The van der Waals surface area contributed by atoms with Crippen LogP contribution in [-0.2, 0) is 27.1 Å². The van der Waals surface area contributed by atoms with Gasteiger partial charge in [0, 0.05) is 33.0 Å².